The normalized spacial score (nSPS) is 21.1. The monoisotopic (exact) mass is 180 g/mol. The van der Waals surface area contributed by atoms with Gasteiger partial charge in [0.1, 0.15) is 24.4 Å². The van der Waals surface area contributed by atoms with Crippen LogP contribution in [0, 0.1) is 0 Å². The number of rotatable bonds is 5. The standard InChI is InChI=1S/C6H12O6/c7-1-3(9)5(11)6(12)4(10)2-8/h1,3-6,8-12H,2H2/t3-,4+,5+,6-/m1/s1. The summed E-state index contributed by atoms with van der Waals surface area (Å²) in [6.45, 7) is -0.760. The second-order valence-corrected chi connectivity index (χ2v) is 2.36. The second-order valence-electron chi connectivity index (χ2n) is 2.36. The second kappa shape index (κ2) is 5.18. The van der Waals surface area contributed by atoms with Gasteiger partial charge in [-0.3, -0.25) is 0 Å². The molecular formula is C6H12O6. The van der Waals surface area contributed by atoms with Crippen molar-refractivity contribution in [1.82, 2.24) is 0 Å². The molecule has 0 bridgehead atoms. The van der Waals surface area contributed by atoms with Crippen LogP contribution in [0.4, 0.5) is 0 Å². The van der Waals surface area contributed by atoms with Crippen LogP contribution in [0.1, 0.15) is 0 Å². The average Bonchev–Trinajstić information content (AvgIpc) is 2.12. The van der Waals surface area contributed by atoms with Gasteiger partial charge in [0.15, 0.2) is 6.29 Å². The summed E-state index contributed by atoms with van der Waals surface area (Å²) in [6.07, 6.45) is -6.84. The third kappa shape index (κ3) is 2.84. The molecule has 0 heterocycles. The SMILES string of the molecule is O=C[C@@H](O)[C@H](O)[C@H](O)[C@@H](O)CO. The molecule has 0 spiro atoms. The average molecular weight is 180 g/mol. The molecule has 0 saturated heterocycles. The summed E-state index contributed by atoms with van der Waals surface area (Å²) in [5.74, 6) is 0. The molecule has 6 heteroatoms. The molecule has 0 aromatic carbocycles. The minimum Gasteiger partial charge on any atom is -0.394 e. The number of aliphatic hydroxyl groups is 5. The van der Waals surface area contributed by atoms with E-state index >= 15 is 0 Å². The van der Waals surface area contributed by atoms with Crippen molar-refractivity contribution in [3.05, 3.63) is 0 Å². The fraction of sp³-hybridized carbons (Fsp3) is 0.833. The van der Waals surface area contributed by atoms with E-state index < -0.39 is 31.0 Å². The lowest BCUT2D eigenvalue weighted by Crippen LogP contribution is -2.46. The van der Waals surface area contributed by atoms with Crippen LogP contribution in [-0.4, -0.2) is 62.8 Å². The number of aliphatic hydroxyl groups excluding tert-OH is 5. The number of hydrogen-bond donors (Lipinski definition) is 5. The molecule has 0 fully saturated rings. The largest absolute Gasteiger partial charge is 0.394 e. The zero-order chi connectivity index (χ0) is 9.72. The van der Waals surface area contributed by atoms with E-state index in [-0.39, 0.29) is 6.29 Å². The maximum absolute atomic E-state index is 9.90. The maximum atomic E-state index is 9.90. The predicted molar refractivity (Wildman–Crippen MR) is 37.2 cm³/mol. The first-order valence-electron chi connectivity index (χ1n) is 3.33. The van der Waals surface area contributed by atoms with Gasteiger partial charge >= 0.3 is 0 Å². The van der Waals surface area contributed by atoms with Crippen LogP contribution in [0.15, 0.2) is 0 Å². The van der Waals surface area contributed by atoms with E-state index in [0.717, 1.165) is 0 Å². The van der Waals surface area contributed by atoms with Crippen molar-refractivity contribution >= 4 is 6.29 Å². The summed E-state index contributed by atoms with van der Waals surface area (Å²) < 4.78 is 0. The topological polar surface area (TPSA) is 118 Å². The number of hydrogen-bond acceptors (Lipinski definition) is 6. The van der Waals surface area contributed by atoms with Crippen LogP contribution in [0.25, 0.3) is 0 Å². The van der Waals surface area contributed by atoms with Crippen molar-refractivity contribution in [2.75, 3.05) is 6.61 Å². The summed E-state index contributed by atoms with van der Waals surface area (Å²) >= 11 is 0. The Morgan fingerprint density at radius 1 is 1.08 bits per heavy atom. The Bertz CT molecular complexity index is 138. The molecule has 0 rings (SSSR count). The van der Waals surface area contributed by atoms with E-state index in [0.29, 0.717) is 0 Å². The molecule has 0 unspecified atom stereocenters. The van der Waals surface area contributed by atoms with Crippen LogP contribution in [0.2, 0.25) is 0 Å². The zero-order valence-electron chi connectivity index (χ0n) is 6.24. The number of carbonyl (C=O) groups is 1. The molecule has 0 aromatic rings. The van der Waals surface area contributed by atoms with Gasteiger partial charge in [-0.2, -0.15) is 0 Å². The summed E-state index contributed by atoms with van der Waals surface area (Å²) in [5.41, 5.74) is 0. The van der Waals surface area contributed by atoms with Gasteiger partial charge in [0.2, 0.25) is 0 Å². The molecular weight excluding hydrogens is 168 g/mol. The van der Waals surface area contributed by atoms with Crippen molar-refractivity contribution in [1.29, 1.82) is 0 Å². The Morgan fingerprint density at radius 2 is 1.58 bits per heavy atom. The van der Waals surface area contributed by atoms with Gasteiger partial charge in [0, 0.05) is 0 Å². The highest BCUT2D eigenvalue weighted by Crippen LogP contribution is 2.02. The number of aldehydes is 1. The van der Waals surface area contributed by atoms with Gasteiger partial charge in [-0.1, -0.05) is 0 Å². The highest BCUT2D eigenvalue weighted by Gasteiger charge is 2.29. The van der Waals surface area contributed by atoms with E-state index in [4.69, 9.17) is 25.5 Å². The first-order valence-corrected chi connectivity index (χ1v) is 3.33. The summed E-state index contributed by atoms with van der Waals surface area (Å²) in [5, 5.41) is 43.5. The van der Waals surface area contributed by atoms with Gasteiger partial charge in [0.25, 0.3) is 0 Å². The van der Waals surface area contributed by atoms with Crippen molar-refractivity contribution < 1.29 is 30.3 Å². The molecule has 6 nitrogen and oxygen atoms in total. The molecule has 0 aliphatic rings. The van der Waals surface area contributed by atoms with Crippen LogP contribution < -0.4 is 0 Å². The lowest BCUT2D eigenvalue weighted by atomic mass is 10.0. The zero-order valence-corrected chi connectivity index (χ0v) is 6.24. The first kappa shape index (κ1) is 11.5. The molecule has 0 aliphatic heterocycles. The number of carbonyl (C=O) groups excluding carboxylic acids is 1. The molecule has 0 radical (unpaired) electrons. The molecule has 12 heavy (non-hydrogen) atoms. The van der Waals surface area contributed by atoms with Crippen LogP contribution in [0.3, 0.4) is 0 Å². The minimum atomic E-state index is -1.79. The molecule has 0 amide bonds. The highest BCUT2D eigenvalue weighted by molar-refractivity contribution is 5.56. The van der Waals surface area contributed by atoms with E-state index in [1.807, 2.05) is 0 Å². The fourth-order valence-electron chi connectivity index (χ4n) is 0.618. The van der Waals surface area contributed by atoms with Crippen LogP contribution >= 0.6 is 0 Å². The van der Waals surface area contributed by atoms with Gasteiger partial charge in [-0.15, -0.1) is 0 Å². The molecule has 0 aliphatic carbocycles. The quantitative estimate of drug-likeness (QED) is 0.282. The Kier molecular flexibility index (Phi) is 4.95. The van der Waals surface area contributed by atoms with Crippen LogP contribution in [-0.2, 0) is 4.79 Å². The summed E-state index contributed by atoms with van der Waals surface area (Å²) in [7, 11) is 0. The van der Waals surface area contributed by atoms with E-state index in [9.17, 15) is 4.79 Å². The lowest BCUT2D eigenvalue weighted by molar-refractivity contribution is -0.136. The molecule has 5 N–H and O–H groups in total. The van der Waals surface area contributed by atoms with Gasteiger partial charge < -0.3 is 30.3 Å². The van der Waals surface area contributed by atoms with E-state index in [2.05, 4.69) is 0 Å². The third-order valence-corrected chi connectivity index (χ3v) is 1.42. The van der Waals surface area contributed by atoms with Crippen molar-refractivity contribution in [3.63, 3.8) is 0 Å². The van der Waals surface area contributed by atoms with E-state index in [1.54, 1.807) is 0 Å². The molecule has 4 atom stereocenters. The van der Waals surface area contributed by atoms with E-state index in [1.165, 1.54) is 0 Å². The Hall–Kier alpha value is -0.530. The fourth-order valence-corrected chi connectivity index (χ4v) is 0.618. The maximum Gasteiger partial charge on any atom is 0.151 e. The Balaban J connectivity index is 4.07. The van der Waals surface area contributed by atoms with Crippen molar-refractivity contribution in [2.45, 2.75) is 24.4 Å². The lowest BCUT2D eigenvalue weighted by Gasteiger charge is -2.22. The van der Waals surface area contributed by atoms with Crippen molar-refractivity contribution in [3.8, 4) is 0 Å². The minimum absolute atomic E-state index is 0.0258. The Labute approximate surface area is 68.7 Å². The smallest absolute Gasteiger partial charge is 0.151 e. The Morgan fingerprint density at radius 3 is 1.92 bits per heavy atom. The van der Waals surface area contributed by atoms with Gasteiger partial charge in [-0.05, 0) is 0 Å². The summed E-state index contributed by atoms with van der Waals surface area (Å²) in [4.78, 5) is 9.90. The van der Waals surface area contributed by atoms with Gasteiger partial charge in [-0.25, -0.2) is 0 Å². The summed E-state index contributed by atoms with van der Waals surface area (Å²) in [6, 6.07) is 0. The van der Waals surface area contributed by atoms with Crippen LogP contribution in [0.5, 0.6) is 0 Å². The predicted octanol–water partition coefficient (Wildman–Crippen LogP) is -3.38. The third-order valence-electron chi connectivity index (χ3n) is 1.42. The van der Waals surface area contributed by atoms with Crippen molar-refractivity contribution in [2.24, 2.45) is 0 Å². The molecule has 0 saturated carbocycles. The van der Waals surface area contributed by atoms with Gasteiger partial charge in [0.05, 0.1) is 6.61 Å². The first-order chi connectivity index (χ1) is 5.54. The highest BCUT2D eigenvalue weighted by atomic mass is 16.4. The molecule has 72 valence electrons. The molecule has 0 aromatic heterocycles.